The van der Waals surface area contributed by atoms with Gasteiger partial charge in [0.05, 0.1) is 5.92 Å². The van der Waals surface area contributed by atoms with Crippen LogP contribution in [0.5, 0.6) is 0 Å². The van der Waals surface area contributed by atoms with Crippen molar-refractivity contribution in [1.29, 1.82) is 0 Å². The highest BCUT2D eigenvalue weighted by Crippen LogP contribution is 2.25. The fraction of sp³-hybridized carbons (Fsp3) is 0.900. The summed E-state index contributed by atoms with van der Waals surface area (Å²) in [5.41, 5.74) is 0. The van der Waals surface area contributed by atoms with Crippen molar-refractivity contribution >= 4 is 11.8 Å². The molecule has 1 atom stereocenters. The minimum Gasteiger partial charge on any atom is -0.355 e. The van der Waals surface area contributed by atoms with E-state index in [0.717, 1.165) is 78.3 Å². The van der Waals surface area contributed by atoms with Gasteiger partial charge in [0.1, 0.15) is 0 Å². The Morgan fingerprint density at radius 2 is 1.67 bits per heavy atom. The lowest BCUT2D eigenvalue weighted by Gasteiger charge is -2.43. The van der Waals surface area contributed by atoms with Crippen LogP contribution in [-0.4, -0.2) is 110 Å². The van der Waals surface area contributed by atoms with E-state index in [4.69, 9.17) is 0 Å². The molecule has 3 aliphatic rings. The quantitative estimate of drug-likeness (QED) is 0.733. The van der Waals surface area contributed by atoms with Crippen LogP contribution in [0.2, 0.25) is 0 Å². The van der Waals surface area contributed by atoms with Gasteiger partial charge >= 0.3 is 0 Å². The molecule has 2 amide bonds. The molecule has 0 aromatic carbocycles. The summed E-state index contributed by atoms with van der Waals surface area (Å²) >= 11 is 0. The van der Waals surface area contributed by atoms with Crippen LogP contribution in [0.25, 0.3) is 0 Å². The van der Waals surface area contributed by atoms with Gasteiger partial charge in [0.2, 0.25) is 11.8 Å². The summed E-state index contributed by atoms with van der Waals surface area (Å²) < 4.78 is 0. The van der Waals surface area contributed by atoms with Crippen molar-refractivity contribution in [3.63, 3.8) is 0 Å². The third kappa shape index (κ3) is 5.90. The Balaban J connectivity index is 1.42. The molecule has 7 heteroatoms. The molecule has 0 aromatic rings. The molecular formula is C20H37N5O2. The van der Waals surface area contributed by atoms with Crippen LogP contribution in [-0.2, 0) is 9.59 Å². The zero-order valence-corrected chi connectivity index (χ0v) is 17.2. The first kappa shape index (κ1) is 20.6. The molecular weight excluding hydrogens is 342 g/mol. The van der Waals surface area contributed by atoms with Gasteiger partial charge in [-0.15, -0.1) is 0 Å². The summed E-state index contributed by atoms with van der Waals surface area (Å²) in [6, 6.07) is 0.616. The number of hydrogen-bond donors (Lipinski definition) is 1. The van der Waals surface area contributed by atoms with Gasteiger partial charge in [-0.1, -0.05) is 0 Å². The summed E-state index contributed by atoms with van der Waals surface area (Å²) in [6.45, 7) is 11.3. The third-order valence-electron chi connectivity index (χ3n) is 6.49. The molecule has 0 aliphatic carbocycles. The van der Waals surface area contributed by atoms with Crippen LogP contribution in [0.15, 0.2) is 0 Å². The fourth-order valence-corrected chi connectivity index (χ4v) is 4.72. The molecule has 7 nitrogen and oxygen atoms in total. The zero-order valence-electron chi connectivity index (χ0n) is 17.2. The van der Waals surface area contributed by atoms with E-state index < -0.39 is 0 Å². The molecule has 3 fully saturated rings. The van der Waals surface area contributed by atoms with Gasteiger partial charge in [0.15, 0.2) is 0 Å². The van der Waals surface area contributed by atoms with Crippen molar-refractivity contribution in [2.75, 3.05) is 72.5 Å². The first-order valence-electron chi connectivity index (χ1n) is 10.7. The minimum absolute atomic E-state index is 0.0502. The maximum absolute atomic E-state index is 13.0. The van der Waals surface area contributed by atoms with Gasteiger partial charge in [0, 0.05) is 58.8 Å². The topological polar surface area (TPSA) is 59.1 Å². The van der Waals surface area contributed by atoms with Crippen molar-refractivity contribution < 1.29 is 9.59 Å². The van der Waals surface area contributed by atoms with Gasteiger partial charge in [-0.25, -0.2) is 0 Å². The molecule has 0 bridgehead atoms. The molecule has 1 N–H and O–H groups in total. The lowest BCUT2D eigenvalue weighted by atomic mass is 9.92. The predicted octanol–water partition coefficient (Wildman–Crippen LogP) is 0.0729. The maximum atomic E-state index is 13.0. The highest BCUT2D eigenvalue weighted by atomic mass is 16.2. The Morgan fingerprint density at radius 3 is 2.33 bits per heavy atom. The van der Waals surface area contributed by atoms with Gasteiger partial charge < -0.3 is 20.0 Å². The summed E-state index contributed by atoms with van der Waals surface area (Å²) in [7, 11) is 2.13. The first-order valence-corrected chi connectivity index (χ1v) is 10.7. The van der Waals surface area contributed by atoms with E-state index in [1.807, 2.05) is 0 Å². The number of carbonyl (C=O) groups is 2. The number of carbonyl (C=O) groups excluding carboxylic acids is 2. The summed E-state index contributed by atoms with van der Waals surface area (Å²) in [4.78, 5) is 33.4. The Hall–Kier alpha value is -1.18. The standard InChI is InChI=1S/C20H37N5O2/c1-17(26)21-7-11-23-9-5-19(6-10-23)25-8-3-4-18(16-25)20(27)24-14-12-22(2)13-15-24/h18-19H,3-16H2,1-2H3,(H,21,26). The van der Waals surface area contributed by atoms with Crippen LogP contribution in [0.4, 0.5) is 0 Å². The second-order valence-corrected chi connectivity index (χ2v) is 8.52. The molecule has 0 radical (unpaired) electrons. The van der Waals surface area contributed by atoms with Crippen LogP contribution in [0.1, 0.15) is 32.6 Å². The van der Waals surface area contributed by atoms with E-state index in [1.165, 1.54) is 12.8 Å². The average Bonchev–Trinajstić information content (AvgIpc) is 2.68. The lowest BCUT2D eigenvalue weighted by molar-refractivity contribution is -0.139. The second-order valence-electron chi connectivity index (χ2n) is 8.52. The molecule has 3 rings (SSSR count). The Morgan fingerprint density at radius 1 is 0.963 bits per heavy atom. The number of rotatable bonds is 5. The number of hydrogen-bond acceptors (Lipinski definition) is 5. The van der Waals surface area contributed by atoms with E-state index in [0.29, 0.717) is 11.9 Å². The van der Waals surface area contributed by atoms with E-state index >= 15 is 0 Å². The van der Waals surface area contributed by atoms with E-state index in [2.05, 4.69) is 32.0 Å². The number of nitrogens with zero attached hydrogens (tertiary/aromatic N) is 4. The molecule has 0 spiro atoms. The Labute approximate surface area is 164 Å². The third-order valence-corrected chi connectivity index (χ3v) is 6.49. The monoisotopic (exact) mass is 379 g/mol. The molecule has 0 saturated carbocycles. The van der Waals surface area contributed by atoms with Crippen LogP contribution in [0.3, 0.4) is 0 Å². The maximum Gasteiger partial charge on any atom is 0.227 e. The highest BCUT2D eigenvalue weighted by molar-refractivity contribution is 5.79. The summed E-state index contributed by atoms with van der Waals surface area (Å²) in [5, 5.41) is 2.88. The van der Waals surface area contributed by atoms with Gasteiger partial charge in [-0.3, -0.25) is 14.5 Å². The first-order chi connectivity index (χ1) is 13.0. The largest absolute Gasteiger partial charge is 0.355 e. The minimum atomic E-state index is 0.0502. The second kappa shape index (κ2) is 9.85. The number of piperazine rings is 1. The van der Waals surface area contributed by atoms with Crippen molar-refractivity contribution in [2.24, 2.45) is 5.92 Å². The molecule has 1 unspecified atom stereocenters. The zero-order chi connectivity index (χ0) is 19.2. The van der Waals surface area contributed by atoms with Crippen LogP contribution in [0, 0.1) is 5.92 Å². The number of nitrogens with one attached hydrogen (secondary N) is 1. The number of likely N-dealkylation sites (N-methyl/N-ethyl adjacent to an activating group) is 1. The Kier molecular flexibility index (Phi) is 7.49. The SMILES string of the molecule is CC(=O)NCCN1CCC(N2CCCC(C(=O)N3CCN(C)CC3)C2)CC1. The summed E-state index contributed by atoms with van der Waals surface area (Å²) in [5.74, 6) is 0.634. The predicted molar refractivity (Wildman–Crippen MR) is 107 cm³/mol. The molecule has 154 valence electrons. The molecule has 3 heterocycles. The normalized spacial score (nSPS) is 26.9. The van der Waals surface area contributed by atoms with Crippen LogP contribution >= 0.6 is 0 Å². The van der Waals surface area contributed by atoms with Crippen molar-refractivity contribution in [1.82, 2.24) is 24.9 Å². The molecule has 3 saturated heterocycles. The van der Waals surface area contributed by atoms with Gasteiger partial charge in [-0.05, 0) is 52.4 Å². The number of piperidine rings is 2. The van der Waals surface area contributed by atoms with Gasteiger partial charge in [-0.2, -0.15) is 0 Å². The van der Waals surface area contributed by atoms with Crippen LogP contribution < -0.4 is 5.32 Å². The van der Waals surface area contributed by atoms with E-state index in [1.54, 1.807) is 6.92 Å². The summed E-state index contributed by atoms with van der Waals surface area (Å²) in [6.07, 6.45) is 4.55. The van der Waals surface area contributed by atoms with Crippen molar-refractivity contribution in [2.45, 2.75) is 38.6 Å². The van der Waals surface area contributed by atoms with Gasteiger partial charge in [0.25, 0.3) is 0 Å². The smallest absolute Gasteiger partial charge is 0.227 e. The molecule has 27 heavy (non-hydrogen) atoms. The van der Waals surface area contributed by atoms with E-state index in [9.17, 15) is 9.59 Å². The number of likely N-dealkylation sites (tertiary alicyclic amines) is 2. The van der Waals surface area contributed by atoms with Crippen molar-refractivity contribution in [3.8, 4) is 0 Å². The van der Waals surface area contributed by atoms with Crippen molar-refractivity contribution in [3.05, 3.63) is 0 Å². The van der Waals surface area contributed by atoms with E-state index in [-0.39, 0.29) is 11.8 Å². The lowest BCUT2D eigenvalue weighted by Crippen LogP contribution is -2.54. The number of amides is 2. The Bertz CT molecular complexity index is 499. The molecule has 0 aromatic heterocycles. The average molecular weight is 380 g/mol. The highest BCUT2D eigenvalue weighted by Gasteiger charge is 2.34. The molecule has 3 aliphatic heterocycles. The fourth-order valence-electron chi connectivity index (χ4n) is 4.72.